The molecule has 1 aliphatic heterocycles. The molecule has 0 saturated heterocycles. The van der Waals surface area contributed by atoms with Gasteiger partial charge in [0.15, 0.2) is 7.28 Å². The van der Waals surface area contributed by atoms with Crippen LogP contribution in [0.15, 0.2) is 24.3 Å². The Morgan fingerprint density at radius 1 is 1.50 bits per heavy atom. The van der Waals surface area contributed by atoms with Gasteiger partial charge in [-0.05, 0) is 36.9 Å². The minimum absolute atomic E-state index is 0.0492. The molecule has 7 heteroatoms. The fourth-order valence-corrected chi connectivity index (χ4v) is 3.19. The van der Waals surface area contributed by atoms with E-state index in [1.54, 1.807) is 12.1 Å². The van der Waals surface area contributed by atoms with Crippen molar-refractivity contribution in [2.24, 2.45) is 5.73 Å². The molecule has 1 aromatic heterocycles. The van der Waals surface area contributed by atoms with Crippen molar-refractivity contribution in [1.82, 2.24) is 10.3 Å². The van der Waals surface area contributed by atoms with Crippen molar-refractivity contribution in [3.63, 3.8) is 0 Å². The molecule has 1 amide bonds. The Balaban J connectivity index is 2.13. The first kappa shape index (κ1) is 16.9. The Hall–Kier alpha value is -1.92. The molecule has 0 fully saturated rings. The number of likely N-dealkylation sites (N-methyl/N-ethyl adjacent to an activating group) is 1. The molecule has 123 valence electrons. The number of hydrogen-bond acceptors (Lipinski definition) is 3. The number of primary amides is 1. The molecule has 1 aromatic carbocycles. The summed E-state index contributed by atoms with van der Waals surface area (Å²) in [7, 11) is 3.83. The van der Waals surface area contributed by atoms with E-state index in [0.717, 1.165) is 35.2 Å². The number of aromatic nitrogens is 1. The summed E-state index contributed by atoms with van der Waals surface area (Å²) in [6, 6.07) is 6.48. The van der Waals surface area contributed by atoms with E-state index in [1.165, 1.54) is 6.07 Å². The van der Waals surface area contributed by atoms with Crippen molar-refractivity contribution in [2.75, 3.05) is 13.6 Å². The minimum atomic E-state index is -0.470. The first-order chi connectivity index (χ1) is 11.5. The van der Waals surface area contributed by atoms with Crippen LogP contribution in [0.4, 0.5) is 4.39 Å². The van der Waals surface area contributed by atoms with E-state index >= 15 is 0 Å². The van der Waals surface area contributed by atoms with Crippen molar-refractivity contribution in [3.05, 3.63) is 46.4 Å². The number of rotatable bonds is 5. The van der Waals surface area contributed by atoms with Crippen LogP contribution < -0.4 is 16.5 Å². The summed E-state index contributed by atoms with van der Waals surface area (Å²) in [6.45, 7) is 0.764. The summed E-state index contributed by atoms with van der Waals surface area (Å²) in [6.07, 6.45) is 1.28. The zero-order chi connectivity index (χ0) is 17.3. The van der Waals surface area contributed by atoms with E-state index in [-0.39, 0.29) is 16.8 Å². The van der Waals surface area contributed by atoms with Gasteiger partial charge >= 0.3 is 0 Å². The molecule has 3 N–H and O–H groups in total. The van der Waals surface area contributed by atoms with Crippen LogP contribution in [-0.4, -0.2) is 31.8 Å². The molecule has 1 radical (unpaired) electrons. The van der Waals surface area contributed by atoms with Gasteiger partial charge in [0.2, 0.25) is 5.91 Å². The molecule has 2 aromatic rings. The van der Waals surface area contributed by atoms with Gasteiger partial charge in [0.1, 0.15) is 5.82 Å². The topological polar surface area (TPSA) is 68.0 Å². The third-order valence-corrected chi connectivity index (χ3v) is 4.53. The number of benzene rings is 1. The van der Waals surface area contributed by atoms with Crippen LogP contribution in [0.1, 0.15) is 17.2 Å². The van der Waals surface area contributed by atoms with Crippen molar-refractivity contribution >= 4 is 30.3 Å². The van der Waals surface area contributed by atoms with Gasteiger partial charge < -0.3 is 11.1 Å². The Labute approximate surface area is 145 Å². The van der Waals surface area contributed by atoms with E-state index < -0.39 is 5.82 Å². The van der Waals surface area contributed by atoms with Gasteiger partial charge in [-0.1, -0.05) is 23.4 Å². The van der Waals surface area contributed by atoms with Gasteiger partial charge in [0.25, 0.3) is 0 Å². The number of halogens is 2. The van der Waals surface area contributed by atoms with Crippen LogP contribution in [0.5, 0.6) is 0 Å². The number of pyridine rings is 1. The summed E-state index contributed by atoms with van der Waals surface area (Å²) in [4.78, 5) is 16.4. The fourth-order valence-electron chi connectivity index (χ4n) is 3.01. The zero-order valence-electron chi connectivity index (χ0n) is 13.3. The number of nitrogens with two attached hydrogens (primary N) is 1. The Bertz CT molecular complexity index is 800. The fraction of sp³-hybridized carbons (Fsp3) is 0.294. The number of nitrogens with one attached hydrogen (secondary N) is 1. The van der Waals surface area contributed by atoms with Crippen LogP contribution in [-0.2, 0) is 11.2 Å². The number of amides is 1. The summed E-state index contributed by atoms with van der Waals surface area (Å²) in [5.41, 5.74) is 9.61. The Morgan fingerprint density at radius 2 is 2.29 bits per heavy atom. The molecule has 1 unspecified atom stereocenters. The first-order valence-corrected chi connectivity index (χ1v) is 8.15. The molecule has 4 nitrogen and oxygen atoms in total. The molecular formula is C17H17BClFN3O. The van der Waals surface area contributed by atoms with Gasteiger partial charge in [0, 0.05) is 24.2 Å². The average molecular weight is 345 g/mol. The lowest BCUT2D eigenvalue weighted by molar-refractivity contribution is -0.119. The third-order valence-electron chi connectivity index (χ3n) is 4.24. The van der Waals surface area contributed by atoms with E-state index in [2.05, 4.69) is 5.32 Å². The first-order valence-electron chi connectivity index (χ1n) is 7.77. The lowest BCUT2D eigenvalue weighted by atomic mass is 9.70. The van der Waals surface area contributed by atoms with Crippen molar-refractivity contribution < 1.29 is 9.18 Å². The van der Waals surface area contributed by atoms with Gasteiger partial charge in [0.05, 0.1) is 16.6 Å². The van der Waals surface area contributed by atoms with Gasteiger partial charge in [-0.15, -0.1) is 0 Å². The van der Waals surface area contributed by atoms with Crippen molar-refractivity contribution in [1.29, 1.82) is 0 Å². The summed E-state index contributed by atoms with van der Waals surface area (Å²) < 4.78 is 13.5. The molecule has 1 aliphatic rings. The highest BCUT2D eigenvalue weighted by Gasteiger charge is 2.31. The summed E-state index contributed by atoms with van der Waals surface area (Å²) in [5, 5.41) is 3.13. The largest absolute Gasteiger partial charge is 0.369 e. The maximum Gasteiger partial charge on any atom is 0.224 e. The van der Waals surface area contributed by atoms with E-state index in [1.807, 2.05) is 20.4 Å². The normalized spacial score (nSPS) is 15.9. The zero-order valence-corrected chi connectivity index (χ0v) is 14.0. The molecule has 3 rings (SSSR count). The molecule has 0 spiro atoms. The second-order valence-electron chi connectivity index (χ2n) is 5.84. The Kier molecular flexibility index (Phi) is 4.87. The van der Waals surface area contributed by atoms with Crippen molar-refractivity contribution in [3.8, 4) is 11.3 Å². The molecule has 24 heavy (non-hydrogen) atoms. The molecule has 1 atom stereocenters. The average Bonchev–Trinajstić information content (AvgIpc) is 2.99. The van der Waals surface area contributed by atoms with Gasteiger partial charge in [-0.25, -0.2) is 4.39 Å². The number of hydrogen-bond donors (Lipinski definition) is 2. The molecule has 2 heterocycles. The second-order valence-corrected chi connectivity index (χ2v) is 6.25. The van der Waals surface area contributed by atoms with Crippen molar-refractivity contribution in [2.45, 2.75) is 18.7 Å². The molecule has 0 aliphatic carbocycles. The highest BCUT2D eigenvalue weighted by molar-refractivity contribution is 6.58. The van der Waals surface area contributed by atoms with Gasteiger partial charge in [-0.2, -0.15) is 0 Å². The van der Waals surface area contributed by atoms with Crippen LogP contribution in [0, 0.1) is 5.82 Å². The van der Waals surface area contributed by atoms with E-state index in [9.17, 15) is 9.18 Å². The quantitative estimate of drug-likeness (QED) is 0.810. The lowest BCUT2D eigenvalue weighted by Crippen LogP contribution is -2.22. The second kappa shape index (κ2) is 6.91. The van der Waals surface area contributed by atoms with Crippen LogP contribution >= 0.6 is 11.6 Å². The lowest BCUT2D eigenvalue weighted by Gasteiger charge is -2.14. The van der Waals surface area contributed by atoms with Crippen LogP contribution in [0.3, 0.4) is 0 Å². The third kappa shape index (κ3) is 3.16. The number of fused-ring (bicyclic) bond motifs is 1. The smallest absolute Gasteiger partial charge is 0.224 e. The SMILES string of the molecule is CNCCc1cc2c(c(-c3ccc(F)c(Cl)c3)n1)[B]CC2C(N)=O. The van der Waals surface area contributed by atoms with E-state index in [4.69, 9.17) is 22.3 Å². The predicted molar refractivity (Wildman–Crippen MR) is 94.4 cm³/mol. The van der Waals surface area contributed by atoms with Crippen LogP contribution in [0.2, 0.25) is 11.3 Å². The predicted octanol–water partition coefficient (Wildman–Crippen LogP) is 1.63. The van der Waals surface area contributed by atoms with E-state index in [0.29, 0.717) is 12.0 Å². The molecule has 0 bridgehead atoms. The summed E-state index contributed by atoms with van der Waals surface area (Å²) in [5.74, 6) is -1.16. The number of carbonyl (C=O) groups is 1. The maximum atomic E-state index is 13.5. The standard InChI is InChI=1S/C17H17BClFN3O/c1-22-5-4-10-7-11-12(17(21)24)8-18-15(11)16(23-10)9-2-3-14(20)13(19)6-9/h2-3,6-7,12,22H,4-5,8H2,1H3,(H2,21,24). The monoisotopic (exact) mass is 344 g/mol. The minimum Gasteiger partial charge on any atom is -0.369 e. The highest BCUT2D eigenvalue weighted by Crippen LogP contribution is 2.30. The molecular weight excluding hydrogens is 327 g/mol. The number of carbonyl (C=O) groups excluding carboxylic acids is 1. The van der Waals surface area contributed by atoms with Gasteiger partial charge in [-0.3, -0.25) is 9.78 Å². The maximum absolute atomic E-state index is 13.5. The highest BCUT2D eigenvalue weighted by atomic mass is 35.5. The van der Waals surface area contributed by atoms with Crippen LogP contribution in [0.25, 0.3) is 11.3 Å². The molecule has 0 saturated carbocycles. The summed E-state index contributed by atoms with van der Waals surface area (Å²) >= 11 is 5.92. The Morgan fingerprint density at radius 3 is 2.96 bits per heavy atom. The number of nitrogens with zero attached hydrogens (tertiary/aromatic N) is 1.